The molecule has 0 N–H and O–H groups in total. The van der Waals surface area contributed by atoms with Crippen LogP contribution in [0.5, 0.6) is 0 Å². The molecule has 0 atom stereocenters. The maximum atomic E-state index is 13.9. The third kappa shape index (κ3) is 2.14. The van der Waals surface area contributed by atoms with Gasteiger partial charge in [-0.25, -0.2) is 14.4 Å². The minimum Gasteiger partial charge on any atom is -0.352 e. The molecule has 0 unspecified atom stereocenters. The van der Waals surface area contributed by atoms with E-state index in [0.29, 0.717) is 17.3 Å². The number of aromatic nitrogens is 2. The van der Waals surface area contributed by atoms with E-state index in [4.69, 9.17) is 0 Å². The molecule has 1 aromatic rings. The monoisotopic (exact) mass is 224 g/mol. The van der Waals surface area contributed by atoms with E-state index in [9.17, 15) is 4.39 Å². The van der Waals surface area contributed by atoms with E-state index in [0.717, 1.165) is 26.2 Å². The van der Waals surface area contributed by atoms with E-state index in [1.165, 1.54) is 0 Å². The highest BCUT2D eigenvalue weighted by atomic mass is 19.1. The van der Waals surface area contributed by atoms with Crippen molar-refractivity contribution < 1.29 is 4.39 Å². The van der Waals surface area contributed by atoms with Gasteiger partial charge in [-0.3, -0.25) is 0 Å². The fourth-order valence-electron chi connectivity index (χ4n) is 1.91. The molecule has 0 spiro atoms. The number of likely N-dealkylation sites (N-methyl/N-ethyl adjacent to an activating group) is 1. The largest absolute Gasteiger partial charge is 0.352 e. The molecule has 0 amide bonds. The quantitative estimate of drug-likeness (QED) is 0.712. The van der Waals surface area contributed by atoms with Crippen molar-refractivity contribution in [2.24, 2.45) is 0 Å². The smallest absolute Gasteiger partial charge is 0.186 e. The Labute approximate surface area is 95.1 Å². The molecular formula is C11H17FN4. The lowest BCUT2D eigenvalue weighted by Gasteiger charge is -2.33. The number of hydrogen-bond acceptors (Lipinski definition) is 4. The van der Waals surface area contributed by atoms with Crippen molar-refractivity contribution in [3.63, 3.8) is 0 Å². The molecular weight excluding hydrogens is 207 g/mol. The van der Waals surface area contributed by atoms with Gasteiger partial charge in [-0.1, -0.05) is 0 Å². The summed E-state index contributed by atoms with van der Waals surface area (Å²) >= 11 is 0. The number of aryl methyl sites for hydroxylation is 2. The van der Waals surface area contributed by atoms with Crippen molar-refractivity contribution in [3.05, 3.63) is 17.3 Å². The normalized spacial score (nSPS) is 17.9. The van der Waals surface area contributed by atoms with E-state index in [2.05, 4.69) is 21.9 Å². The Kier molecular flexibility index (Phi) is 3.05. The van der Waals surface area contributed by atoms with Crippen LogP contribution in [0.2, 0.25) is 0 Å². The van der Waals surface area contributed by atoms with E-state index in [1.807, 2.05) is 4.90 Å². The summed E-state index contributed by atoms with van der Waals surface area (Å²) in [6.45, 7) is 7.02. The van der Waals surface area contributed by atoms with Crippen LogP contribution >= 0.6 is 0 Å². The number of anilines is 1. The third-order valence-corrected chi connectivity index (χ3v) is 2.91. The summed E-state index contributed by atoms with van der Waals surface area (Å²) < 4.78 is 13.9. The predicted octanol–water partition coefficient (Wildman–Crippen LogP) is 0.984. The first-order valence-corrected chi connectivity index (χ1v) is 5.52. The zero-order valence-corrected chi connectivity index (χ0v) is 10.00. The summed E-state index contributed by atoms with van der Waals surface area (Å²) in [7, 11) is 2.07. The molecule has 0 radical (unpaired) electrons. The molecule has 2 heterocycles. The Morgan fingerprint density at radius 1 is 1.06 bits per heavy atom. The van der Waals surface area contributed by atoms with Gasteiger partial charge in [0.1, 0.15) is 5.82 Å². The van der Waals surface area contributed by atoms with Crippen LogP contribution in [-0.2, 0) is 0 Å². The summed E-state index contributed by atoms with van der Waals surface area (Å²) in [5, 5.41) is 0. The number of piperazine rings is 1. The van der Waals surface area contributed by atoms with Gasteiger partial charge in [-0.2, -0.15) is 0 Å². The minimum absolute atomic E-state index is 0.282. The fourth-order valence-corrected chi connectivity index (χ4v) is 1.91. The highest BCUT2D eigenvalue weighted by molar-refractivity contribution is 5.42. The summed E-state index contributed by atoms with van der Waals surface area (Å²) in [6, 6.07) is 0. The van der Waals surface area contributed by atoms with Gasteiger partial charge in [0.25, 0.3) is 0 Å². The molecule has 1 fully saturated rings. The van der Waals surface area contributed by atoms with Gasteiger partial charge in [-0.05, 0) is 20.9 Å². The summed E-state index contributed by atoms with van der Waals surface area (Å²) in [4.78, 5) is 12.5. The maximum absolute atomic E-state index is 13.9. The molecule has 0 saturated carbocycles. The van der Waals surface area contributed by atoms with Gasteiger partial charge < -0.3 is 9.80 Å². The molecule has 0 aromatic carbocycles. The SMILES string of the molecule is Cc1nc(C)c(F)c(N2CCN(C)CC2)n1. The Balaban J connectivity index is 2.26. The van der Waals surface area contributed by atoms with Crippen LogP contribution in [0.15, 0.2) is 0 Å². The maximum Gasteiger partial charge on any atom is 0.186 e. The molecule has 0 bridgehead atoms. The number of rotatable bonds is 1. The molecule has 1 aliphatic rings. The van der Waals surface area contributed by atoms with Crippen LogP contribution < -0.4 is 4.90 Å². The van der Waals surface area contributed by atoms with Crippen LogP contribution in [0.4, 0.5) is 10.2 Å². The lowest BCUT2D eigenvalue weighted by molar-refractivity contribution is 0.310. The van der Waals surface area contributed by atoms with Crippen molar-refractivity contribution in [1.82, 2.24) is 14.9 Å². The third-order valence-electron chi connectivity index (χ3n) is 2.91. The molecule has 4 nitrogen and oxygen atoms in total. The molecule has 1 saturated heterocycles. The molecule has 0 aliphatic carbocycles. The highest BCUT2D eigenvalue weighted by Crippen LogP contribution is 2.19. The first-order chi connectivity index (χ1) is 7.58. The first-order valence-electron chi connectivity index (χ1n) is 5.52. The van der Waals surface area contributed by atoms with Crippen molar-refractivity contribution in [2.75, 3.05) is 38.1 Å². The van der Waals surface area contributed by atoms with Gasteiger partial charge in [-0.15, -0.1) is 0 Å². The van der Waals surface area contributed by atoms with Crippen LogP contribution in [0.25, 0.3) is 0 Å². The lowest BCUT2D eigenvalue weighted by Crippen LogP contribution is -2.45. The van der Waals surface area contributed by atoms with Gasteiger partial charge in [0.2, 0.25) is 0 Å². The molecule has 1 aromatic heterocycles. The van der Waals surface area contributed by atoms with Crippen LogP contribution in [-0.4, -0.2) is 48.1 Å². The second-order valence-corrected chi connectivity index (χ2v) is 4.28. The number of nitrogens with zero attached hydrogens (tertiary/aromatic N) is 4. The summed E-state index contributed by atoms with van der Waals surface area (Å²) in [6.07, 6.45) is 0. The van der Waals surface area contributed by atoms with E-state index >= 15 is 0 Å². The Bertz CT molecular complexity index is 386. The summed E-state index contributed by atoms with van der Waals surface area (Å²) in [5.74, 6) is 0.807. The lowest BCUT2D eigenvalue weighted by atomic mass is 10.3. The standard InChI is InChI=1S/C11H17FN4/c1-8-10(12)11(14-9(2)13-8)16-6-4-15(3)5-7-16/h4-7H2,1-3H3. The zero-order valence-electron chi connectivity index (χ0n) is 10.00. The van der Waals surface area contributed by atoms with Crippen molar-refractivity contribution in [1.29, 1.82) is 0 Å². The minimum atomic E-state index is -0.282. The molecule has 88 valence electrons. The molecule has 1 aliphatic heterocycles. The van der Waals surface area contributed by atoms with Gasteiger partial charge in [0.05, 0.1) is 5.69 Å². The Morgan fingerprint density at radius 2 is 1.69 bits per heavy atom. The second kappa shape index (κ2) is 4.33. The van der Waals surface area contributed by atoms with E-state index in [-0.39, 0.29) is 5.82 Å². The van der Waals surface area contributed by atoms with Crippen LogP contribution in [0.3, 0.4) is 0 Å². The van der Waals surface area contributed by atoms with Crippen molar-refractivity contribution >= 4 is 5.82 Å². The number of halogens is 1. The number of hydrogen-bond donors (Lipinski definition) is 0. The van der Waals surface area contributed by atoms with Crippen molar-refractivity contribution in [2.45, 2.75) is 13.8 Å². The topological polar surface area (TPSA) is 32.3 Å². The van der Waals surface area contributed by atoms with Crippen LogP contribution in [0, 0.1) is 19.7 Å². The first kappa shape index (κ1) is 11.3. The van der Waals surface area contributed by atoms with Crippen molar-refractivity contribution in [3.8, 4) is 0 Å². The Morgan fingerprint density at radius 3 is 2.31 bits per heavy atom. The van der Waals surface area contributed by atoms with E-state index < -0.39 is 0 Å². The van der Waals surface area contributed by atoms with Gasteiger partial charge >= 0.3 is 0 Å². The predicted molar refractivity (Wildman–Crippen MR) is 61.2 cm³/mol. The van der Waals surface area contributed by atoms with Gasteiger partial charge in [0, 0.05) is 26.2 Å². The molecule has 2 rings (SSSR count). The Hall–Kier alpha value is -1.23. The van der Waals surface area contributed by atoms with Gasteiger partial charge in [0.15, 0.2) is 11.6 Å². The summed E-state index contributed by atoms with van der Waals surface area (Å²) in [5.41, 5.74) is 0.432. The zero-order chi connectivity index (χ0) is 11.7. The van der Waals surface area contributed by atoms with E-state index in [1.54, 1.807) is 13.8 Å². The second-order valence-electron chi connectivity index (χ2n) is 4.28. The fraction of sp³-hybridized carbons (Fsp3) is 0.636. The molecule has 16 heavy (non-hydrogen) atoms. The molecule has 5 heteroatoms. The van der Waals surface area contributed by atoms with Crippen LogP contribution in [0.1, 0.15) is 11.5 Å². The average molecular weight is 224 g/mol. The highest BCUT2D eigenvalue weighted by Gasteiger charge is 2.20. The average Bonchev–Trinajstić information content (AvgIpc) is 2.25.